The summed E-state index contributed by atoms with van der Waals surface area (Å²) < 4.78 is 0. The number of fused-ring (bicyclic) bond motifs is 1. The number of phenols is 1. The number of benzene rings is 4. The van der Waals surface area contributed by atoms with Gasteiger partial charge in [0, 0.05) is 27.9 Å². The Morgan fingerprint density at radius 1 is 1.00 bits per heavy atom. The Kier molecular flexibility index (Phi) is 6.56. The fraction of sp³-hybridized carbons (Fsp3) is 0.115. The highest BCUT2D eigenvalue weighted by atomic mass is 35.5. The van der Waals surface area contributed by atoms with Gasteiger partial charge in [-0.05, 0) is 41.4 Å². The van der Waals surface area contributed by atoms with Gasteiger partial charge in [-0.3, -0.25) is 4.79 Å². The van der Waals surface area contributed by atoms with Crippen molar-refractivity contribution in [2.75, 3.05) is 10.6 Å². The van der Waals surface area contributed by atoms with Gasteiger partial charge in [0.1, 0.15) is 17.5 Å². The second-order valence-electron chi connectivity index (χ2n) is 7.77. The fourth-order valence-electron chi connectivity index (χ4n) is 3.67. The molecule has 1 amide bonds. The molecule has 4 aromatic rings. The Balaban J connectivity index is 1.69. The van der Waals surface area contributed by atoms with Crippen LogP contribution < -0.4 is 10.6 Å². The Hall–Kier alpha value is -3.90. The van der Waals surface area contributed by atoms with Crippen molar-refractivity contribution in [3.05, 3.63) is 99.9 Å². The monoisotopic (exact) mass is 459 g/mol. The zero-order valence-electron chi connectivity index (χ0n) is 17.9. The summed E-state index contributed by atoms with van der Waals surface area (Å²) in [6, 6.07) is 22.5. The third kappa shape index (κ3) is 4.96. The van der Waals surface area contributed by atoms with E-state index in [-0.39, 0.29) is 23.0 Å². The second kappa shape index (κ2) is 9.71. The number of anilines is 2. The zero-order chi connectivity index (χ0) is 23.4. The van der Waals surface area contributed by atoms with Gasteiger partial charge in [-0.25, -0.2) is 0 Å². The lowest BCUT2D eigenvalue weighted by molar-refractivity contribution is -0.116. The molecule has 3 N–H and O–H groups in total. The van der Waals surface area contributed by atoms with E-state index >= 15 is 0 Å². The van der Waals surface area contributed by atoms with Crippen LogP contribution in [-0.4, -0.2) is 17.1 Å². The van der Waals surface area contributed by atoms with E-state index in [1.807, 2.05) is 43.3 Å². The number of aryl methyl sites for hydroxylation is 1. The van der Waals surface area contributed by atoms with E-state index in [1.165, 1.54) is 6.07 Å². The first-order chi connectivity index (χ1) is 16.0. The van der Waals surface area contributed by atoms with E-state index < -0.39 is 6.04 Å². The van der Waals surface area contributed by atoms with Crippen LogP contribution in [0, 0.1) is 11.8 Å². The van der Waals surface area contributed by atoms with Gasteiger partial charge in [-0.1, -0.05) is 72.3 Å². The van der Waals surface area contributed by atoms with Crippen molar-refractivity contribution < 1.29 is 9.90 Å². The lowest BCUT2D eigenvalue weighted by Crippen LogP contribution is -2.36. The molecule has 33 heavy (non-hydrogen) atoms. The van der Waals surface area contributed by atoms with Crippen molar-refractivity contribution in [2.24, 2.45) is 5.18 Å². The van der Waals surface area contributed by atoms with Crippen molar-refractivity contribution in [1.82, 2.24) is 0 Å². The second-order valence-corrected chi connectivity index (χ2v) is 8.18. The van der Waals surface area contributed by atoms with Gasteiger partial charge >= 0.3 is 0 Å². The van der Waals surface area contributed by atoms with E-state index in [1.54, 1.807) is 36.4 Å². The summed E-state index contributed by atoms with van der Waals surface area (Å²) in [4.78, 5) is 24.7. The molecule has 0 bridgehead atoms. The van der Waals surface area contributed by atoms with Crippen LogP contribution in [0.4, 0.5) is 17.1 Å². The number of halogens is 1. The Labute approximate surface area is 196 Å². The third-order valence-electron chi connectivity index (χ3n) is 5.46. The molecule has 0 unspecified atom stereocenters. The summed E-state index contributed by atoms with van der Waals surface area (Å²) in [5.74, 6) is -0.366. The predicted molar refractivity (Wildman–Crippen MR) is 133 cm³/mol. The molecule has 166 valence electrons. The van der Waals surface area contributed by atoms with Gasteiger partial charge in [-0.2, -0.15) is 0 Å². The van der Waals surface area contributed by atoms with Crippen molar-refractivity contribution in [2.45, 2.75) is 19.4 Å². The molecule has 4 aromatic carbocycles. The number of rotatable bonds is 7. The van der Waals surface area contributed by atoms with E-state index in [0.717, 1.165) is 11.1 Å². The SMILES string of the molecule is Cc1ccc(NC(=O)[C@@H](Cc2ccccc2)Nc2cc(N=O)c3ccccc3c2O)cc1Cl. The summed E-state index contributed by atoms with van der Waals surface area (Å²) >= 11 is 6.21. The maximum Gasteiger partial charge on any atom is 0.247 e. The zero-order valence-corrected chi connectivity index (χ0v) is 18.6. The molecule has 0 spiro atoms. The summed E-state index contributed by atoms with van der Waals surface area (Å²) in [7, 11) is 0. The highest BCUT2D eigenvalue weighted by molar-refractivity contribution is 6.31. The molecular formula is C26H22ClN3O3. The molecule has 7 heteroatoms. The normalized spacial score (nSPS) is 11.7. The molecular weight excluding hydrogens is 438 g/mol. The molecule has 0 aliphatic heterocycles. The van der Waals surface area contributed by atoms with Gasteiger partial charge in [0.2, 0.25) is 5.91 Å². The van der Waals surface area contributed by atoms with Crippen LogP contribution in [0.1, 0.15) is 11.1 Å². The number of amides is 1. The molecule has 0 aliphatic carbocycles. The quantitative estimate of drug-likeness (QED) is 0.215. The van der Waals surface area contributed by atoms with Crippen LogP contribution in [0.2, 0.25) is 5.02 Å². The Morgan fingerprint density at radius 2 is 1.70 bits per heavy atom. The summed E-state index contributed by atoms with van der Waals surface area (Å²) in [6.45, 7) is 1.88. The average Bonchev–Trinajstić information content (AvgIpc) is 2.83. The van der Waals surface area contributed by atoms with Crippen LogP contribution in [0.25, 0.3) is 10.8 Å². The lowest BCUT2D eigenvalue weighted by Gasteiger charge is -2.21. The van der Waals surface area contributed by atoms with Crippen LogP contribution in [0.15, 0.2) is 84.0 Å². The number of aromatic hydroxyl groups is 1. The molecule has 0 aromatic heterocycles. The first-order valence-corrected chi connectivity index (χ1v) is 10.8. The summed E-state index contributed by atoms with van der Waals surface area (Å²) in [6.07, 6.45) is 0.350. The van der Waals surface area contributed by atoms with Crippen LogP contribution in [0.3, 0.4) is 0 Å². The molecule has 0 radical (unpaired) electrons. The predicted octanol–water partition coefficient (Wildman–Crippen LogP) is 6.57. The van der Waals surface area contributed by atoms with E-state index in [2.05, 4.69) is 15.8 Å². The van der Waals surface area contributed by atoms with Crippen molar-refractivity contribution in [3.8, 4) is 5.75 Å². The minimum Gasteiger partial charge on any atom is -0.505 e. The molecule has 4 rings (SSSR count). The third-order valence-corrected chi connectivity index (χ3v) is 5.87. The van der Waals surface area contributed by atoms with Gasteiger partial charge in [-0.15, -0.1) is 4.91 Å². The Morgan fingerprint density at radius 3 is 2.39 bits per heavy atom. The highest BCUT2D eigenvalue weighted by Crippen LogP contribution is 2.39. The van der Waals surface area contributed by atoms with Gasteiger partial charge in [0.25, 0.3) is 0 Å². The summed E-state index contributed by atoms with van der Waals surface area (Å²) in [5, 5.41) is 21.5. The van der Waals surface area contributed by atoms with Gasteiger partial charge in [0.15, 0.2) is 0 Å². The molecule has 1 atom stereocenters. The molecule has 6 nitrogen and oxygen atoms in total. The van der Waals surface area contributed by atoms with Crippen LogP contribution in [0.5, 0.6) is 5.75 Å². The van der Waals surface area contributed by atoms with Gasteiger partial charge in [0.05, 0.1) is 5.69 Å². The van der Waals surface area contributed by atoms with Crippen LogP contribution >= 0.6 is 11.6 Å². The first-order valence-electron chi connectivity index (χ1n) is 10.4. The number of nitroso groups, excluding NO2 is 1. The van der Waals surface area contributed by atoms with Crippen molar-refractivity contribution in [3.63, 3.8) is 0 Å². The molecule has 0 saturated carbocycles. The largest absolute Gasteiger partial charge is 0.505 e. The van der Waals surface area contributed by atoms with E-state index in [9.17, 15) is 14.8 Å². The number of hydrogen-bond donors (Lipinski definition) is 3. The highest BCUT2D eigenvalue weighted by Gasteiger charge is 2.22. The minimum absolute atomic E-state index is 0.0535. The number of nitrogens with one attached hydrogen (secondary N) is 2. The first kappa shape index (κ1) is 22.3. The number of carbonyl (C=O) groups excluding carboxylic acids is 1. The number of hydrogen-bond acceptors (Lipinski definition) is 5. The average molecular weight is 460 g/mol. The topological polar surface area (TPSA) is 90.8 Å². The lowest BCUT2D eigenvalue weighted by atomic mass is 10.0. The minimum atomic E-state index is -0.751. The molecule has 0 fully saturated rings. The fourth-order valence-corrected chi connectivity index (χ4v) is 3.85. The standard InChI is InChI=1S/C26H22ClN3O3/c1-16-11-12-18(14-21(16)27)28-26(32)24(13-17-7-3-2-4-8-17)29-23-15-22(30-33)19-9-5-6-10-20(19)25(23)31/h2-12,14-15,24,29,31H,13H2,1H3,(H,28,32)/t24-/m1/s1. The maximum atomic E-state index is 13.3. The van der Waals surface area contributed by atoms with Crippen LogP contribution in [-0.2, 0) is 11.2 Å². The van der Waals surface area contributed by atoms with E-state index in [0.29, 0.717) is 27.9 Å². The smallest absolute Gasteiger partial charge is 0.247 e. The molecule has 0 saturated heterocycles. The van der Waals surface area contributed by atoms with Crippen molar-refractivity contribution in [1.29, 1.82) is 0 Å². The van der Waals surface area contributed by atoms with Crippen molar-refractivity contribution >= 4 is 45.3 Å². The summed E-state index contributed by atoms with van der Waals surface area (Å²) in [5.41, 5.74) is 2.83. The number of carbonyl (C=O) groups is 1. The van der Waals surface area contributed by atoms with Gasteiger partial charge < -0.3 is 15.7 Å². The maximum absolute atomic E-state index is 13.3. The number of nitrogens with zero attached hydrogens (tertiary/aromatic N) is 1. The molecule has 0 heterocycles. The Bertz CT molecular complexity index is 1330. The van der Waals surface area contributed by atoms with E-state index in [4.69, 9.17) is 11.6 Å². The molecule has 0 aliphatic rings. The number of phenolic OH excluding ortho intramolecular Hbond substituents is 1.